The van der Waals surface area contributed by atoms with Crippen LogP contribution >= 0.6 is 0 Å². The molecular weight excluding hydrogens is 393 g/mol. The molecule has 6 heteroatoms. The standard InChI is InChI=1S/C25H32FN3O2/c1-17(27)24(30)29-22(25(2,3)16-28-4)14-21(31-15-18-9-6-5-7-10-18)23(29)19-11-8-12-20(26)13-19/h5-13,17,21-23H,4,14-16,27H2,1-3H3/t17-,21-,22-,23-/m1/s1. The molecule has 5 nitrogen and oxygen atoms in total. The van der Waals surface area contributed by atoms with Gasteiger partial charge in [0.1, 0.15) is 5.82 Å². The van der Waals surface area contributed by atoms with E-state index in [1.165, 1.54) is 12.1 Å². The summed E-state index contributed by atoms with van der Waals surface area (Å²) in [5, 5.41) is 0. The third kappa shape index (κ3) is 5.20. The number of likely N-dealkylation sites (tertiary alicyclic amines) is 1. The van der Waals surface area contributed by atoms with Crippen LogP contribution in [0.4, 0.5) is 4.39 Å². The summed E-state index contributed by atoms with van der Waals surface area (Å²) in [7, 11) is 0. The number of halogens is 1. The Hall–Kier alpha value is -2.57. The Kier molecular flexibility index (Phi) is 7.23. The molecule has 31 heavy (non-hydrogen) atoms. The maximum Gasteiger partial charge on any atom is 0.240 e. The average Bonchev–Trinajstić information content (AvgIpc) is 3.12. The molecule has 0 aliphatic carbocycles. The van der Waals surface area contributed by atoms with Crippen molar-refractivity contribution in [1.82, 2.24) is 4.90 Å². The Morgan fingerprint density at radius 1 is 1.29 bits per heavy atom. The summed E-state index contributed by atoms with van der Waals surface area (Å²) >= 11 is 0. The zero-order valence-electron chi connectivity index (χ0n) is 18.5. The van der Waals surface area contributed by atoms with Crippen LogP contribution in [-0.2, 0) is 16.1 Å². The normalized spacial score (nSPS) is 22.4. The van der Waals surface area contributed by atoms with E-state index < -0.39 is 12.1 Å². The summed E-state index contributed by atoms with van der Waals surface area (Å²) < 4.78 is 20.5. The van der Waals surface area contributed by atoms with Gasteiger partial charge in [-0.15, -0.1) is 0 Å². The van der Waals surface area contributed by atoms with Gasteiger partial charge in [0.05, 0.1) is 24.8 Å². The van der Waals surface area contributed by atoms with Crippen LogP contribution in [0.2, 0.25) is 0 Å². The van der Waals surface area contributed by atoms with Crippen molar-refractivity contribution in [1.29, 1.82) is 0 Å². The van der Waals surface area contributed by atoms with E-state index in [2.05, 4.69) is 25.6 Å². The zero-order chi connectivity index (χ0) is 22.6. The molecule has 4 atom stereocenters. The molecule has 1 saturated heterocycles. The molecule has 0 aromatic heterocycles. The van der Waals surface area contributed by atoms with E-state index in [0.717, 1.165) is 5.56 Å². The topological polar surface area (TPSA) is 67.9 Å². The Bertz CT molecular complexity index is 901. The Morgan fingerprint density at radius 3 is 2.61 bits per heavy atom. The van der Waals surface area contributed by atoms with Gasteiger partial charge >= 0.3 is 0 Å². The number of benzene rings is 2. The molecule has 0 unspecified atom stereocenters. The number of carbonyl (C=O) groups excluding carboxylic acids is 1. The Morgan fingerprint density at radius 2 is 2.00 bits per heavy atom. The van der Waals surface area contributed by atoms with E-state index in [9.17, 15) is 9.18 Å². The number of hydrogen-bond donors (Lipinski definition) is 1. The molecule has 1 fully saturated rings. The average molecular weight is 426 g/mol. The Balaban J connectivity index is 2.02. The van der Waals surface area contributed by atoms with Gasteiger partial charge in [-0.1, -0.05) is 56.3 Å². The van der Waals surface area contributed by atoms with Gasteiger partial charge in [-0.25, -0.2) is 4.39 Å². The molecule has 2 N–H and O–H groups in total. The Labute approximate surface area is 184 Å². The molecule has 2 aromatic rings. The van der Waals surface area contributed by atoms with Gasteiger partial charge in [-0.2, -0.15) is 0 Å². The molecular formula is C25H32FN3O2. The van der Waals surface area contributed by atoms with Crippen molar-refractivity contribution in [2.24, 2.45) is 16.1 Å². The first-order valence-electron chi connectivity index (χ1n) is 10.7. The van der Waals surface area contributed by atoms with Gasteiger partial charge < -0.3 is 20.4 Å². The first kappa shape index (κ1) is 23.1. The number of ether oxygens (including phenoxy) is 1. The van der Waals surface area contributed by atoms with Crippen LogP contribution in [0.3, 0.4) is 0 Å². The number of hydrogen-bond acceptors (Lipinski definition) is 4. The van der Waals surface area contributed by atoms with E-state index in [-0.39, 0.29) is 29.3 Å². The van der Waals surface area contributed by atoms with Crippen LogP contribution in [0.1, 0.15) is 44.4 Å². The number of carbonyl (C=O) groups is 1. The van der Waals surface area contributed by atoms with Gasteiger partial charge in [0.15, 0.2) is 0 Å². The largest absolute Gasteiger partial charge is 0.371 e. The summed E-state index contributed by atoms with van der Waals surface area (Å²) in [6, 6.07) is 15.0. The molecule has 3 rings (SSSR count). The molecule has 1 aliphatic heterocycles. The van der Waals surface area contributed by atoms with E-state index in [4.69, 9.17) is 10.5 Å². The number of rotatable bonds is 8. The summed E-state index contributed by atoms with van der Waals surface area (Å²) in [5.41, 5.74) is 7.44. The second-order valence-corrected chi connectivity index (χ2v) is 8.99. The van der Waals surface area contributed by atoms with Crippen molar-refractivity contribution in [3.63, 3.8) is 0 Å². The minimum atomic E-state index is -0.682. The molecule has 0 saturated carbocycles. The van der Waals surface area contributed by atoms with Crippen LogP contribution in [0.15, 0.2) is 59.6 Å². The molecule has 1 amide bonds. The first-order valence-corrected chi connectivity index (χ1v) is 10.7. The van der Waals surface area contributed by atoms with Crippen LogP contribution in [0.5, 0.6) is 0 Å². The van der Waals surface area contributed by atoms with Crippen LogP contribution in [0, 0.1) is 11.2 Å². The fourth-order valence-electron chi connectivity index (χ4n) is 4.45. The van der Waals surface area contributed by atoms with Crippen LogP contribution < -0.4 is 5.73 Å². The fraction of sp³-hybridized carbons (Fsp3) is 0.440. The second kappa shape index (κ2) is 9.71. The maximum atomic E-state index is 14.1. The SMILES string of the molecule is C=NCC(C)(C)[C@H]1C[C@@H](OCc2ccccc2)[C@@H](c2cccc(F)c2)N1C(=O)[C@@H](C)N. The van der Waals surface area contributed by atoms with Crippen molar-refractivity contribution in [3.05, 3.63) is 71.5 Å². The quantitative estimate of drug-likeness (QED) is 0.647. The minimum absolute atomic E-state index is 0.175. The smallest absolute Gasteiger partial charge is 0.240 e. The summed E-state index contributed by atoms with van der Waals surface area (Å²) in [6.45, 7) is 10.4. The molecule has 0 radical (unpaired) electrons. The highest BCUT2D eigenvalue weighted by atomic mass is 19.1. The van der Waals surface area contributed by atoms with Gasteiger partial charge in [0, 0.05) is 18.0 Å². The first-order chi connectivity index (χ1) is 14.7. The highest BCUT2D eigenvalue weighted by Gasteiger charge is 2.51. The van der Waals surface area contributed by atoms with Crippen molar-refractivity contribution >= 4 is 12.6 Å². The summed E-state index contributed by atoms with van der Waals surface area (Å²) in [6.07, 6.45) is 0.299. The third-order valence-corrected chi connectivity index (χ3v) is 6.01. The number of amides is 1. The second-order valence-electron chi connectivity index (χ2n) is 8.99. The predicted octanol–water partition coefficient (Wildman–Crippen LogP) is 4.13. The minimum Gasteiger partial charge on any atom is -0.371 e. The highest BCUT2D eigenvalue weighted by Crippen LogP contribution is 2.45. The lowest BCUT2D eigenvalue weighted by atomic mass is 9.82. The van der Waals surface area contributed by atoms with Crippen molar-refractivity contribution in [3.8, 4) is 0 Å². The molecule has 1 aliphatic rings. The van der Waals surface area contributed by atoms with Crippen molar-refractivity contribution in [2.45, 2.75) is 58.0 Å². The number of aliphatic imine (C=N–C) groups is 1. The highest BCUT2D eigenvalue weighted by molar-refractivity contribution is 5.82. The van der Waals surface area contributed by atoms with Crippen molar-refractivity contribution in [2.75, 3.05) is 6.54 Å². The maximum absolute atomic E-state index is 14.1. The van der Waals surface area contributed by atoms with Gasteiger partial charge in [0.2, 0.25) is 5.91 Å². The van der Waals surface area contributed by atoms with Gasteiger partial charge in [-0.05, 0) is 43.3 Å². The number of nitrogens with zero attached hydrogens (tertiary/aromatic N) is 2. The van der Waals surface area contributed by atoms with E-state index >= 15 is 0 Å². The van der Waals surface area contributed by atoms with E-state index in [1.807, 2.05) is 36.4 Å². The summed E-state index contributed by atoms with van der Waals surface area (Å²) in [5.74, 6) is -0.523. The van der Waals surface area contributed by atoms with Crippen molar-refractivity contribution < 1.29 is 13.9 Å². The lowest BCUT2D eigenvalue weighted by molar-refractivity contribution is -0.138. The molecule has 0 spiro atoms. The van der Waals surface area contributed by atoms with E-state index in [0.29, 0.717) is 25.1 Å². The lowest BCUT2D eigenvalue weighted by Gasteiger charge is -2.40. The number of nitrogens with two attached hydrogens (primary N) is 1. The summed E-state index contributed by atoms with van der Waals surface area (Å²) in [4.78, 5) is 19.2. The molecule has 1 heterocycles. The van der Waals surface area contributed by atoms with Crippen LogP contribution in [0.25, 0.3) is 0 Å². The molecule has 2 aromatic carbocycles. The molecule has 166 valence electrons. The zero-order valence-corrected chi connectivity index (χ0v) is 18.5. The van der Waals surface area contributed by atoms with Gasteiger partial charge in [-0.3, -0.25) is 4.79 Å². The third-order valence-electron chi connectivity index (χ3n) is 6.01. The lowest BCUT2D eigenvalue weighted by Crippen LogP contribution is -2.51. The fourth-order valence-corrected chi connectivity index (χ4v) is 4.45. The van der Waals surface area contributed by atoms with E-state index in [1.54, 1.807) is 17.9 Å². The molecule has 0 bridgehead atoms. The van der Waals surface area contributed by atoms with Gasteiger partial charge in [0.25, 0.3) is 0 Å². The monoisotopic (exact) mass is 425 g/mol. The predicted molar refractivity (Wildman–Crippen MR) is 121 cm³/mol. The van der Waals surface area contributed by atoms with Crippen LogP contribution in [-0.4, -0.2) is 42.3 Å².